The lowest BCUT2D eigenvalue weighted by Gasteiger charge is -2.29. The molecule has 0 radical (unpaired) electrons. The van der Waals surface area contributed by atoms with Gasteiger partial charge in [0.25, 0.3) is 0 Å². The maximum atomic E-state index is 11.0. The largest absolute Gasteiger partial charge is 0.480 e. The minimum atomic E-state index is -0.773. The molecular weight excluding hydrogens is 278 g/mol. The summed E-state index contributed by atoms with van der Waals surface area (Å²) in [5.41, 5.74) is 1.01. The molecule has 1 aromatic carbocycles. The van der Waals surface area contributed by atoms with Gasteiger partial charge in [0.05, 0.1) is 0 Å². The topological polar surface area (TPSA) is 49.3 Å². The van der Waals surface area contributed by atoms with Gasteiger partial charge in [-0.05, 0) is 25.1 Å². The Bertz CT molecular complexity index is 410. The van der Waals surface area contributed by atoms with E-state index < -0.39 is 11.2 Å². The Morgan fingerprint density at radius 1 is 1.60 bits per heavy atom. The van der Waals surface area contributed by atoms with Crippen LogP contribution in [0, 0.1) is 0 Å². The van der Waals surface area contributed by atoms with Crippen LogP contribution in [0.2, 0.25) is 0 Å². The molecule has 2 rings (SSSR count). The van der Waals surface area contributed by atoms with Gasteiger partial charge in [-0.2, -0.15) is 0 Å². The van der Waals surface area contributed by atoms with Gasteiger partial charge in [-0.1, -0.05) is 15.9 Å². The summed E-state index contributed by atoms with van der Waals surface area (Å²) in [6.07, 6.45) is 0. The number of aliphatic carboxylic acids is 1. The lowest BCUT2D eigenvalue weighted by atomic mass is 10.2. The highest BCUT2D eigenvalue weighted by atomic mass is 79.9. The first-order chi connectivity index (χ1) is 7.08. The fourth-order valence-electron chi connectivity index (χ4n) is 1.54. The van der Waals surface area contributed by atoms with Gasteiger partial charge in [-0.3, -0.25) is 4.79 Å². The first-order valence-electron chi connectivity index (χ1n) is 4.53. The van der Waals surface area contributed by atoms with Crippen molar-refractivity contribution in [1.29, 1.82) is 0 Å². The number of anilines is 1. The van der Waals surface area contributed by atoms with Gasteiger partial charge in [-0.25, -0.2) is 0 Å². The Hall–Kier alpha value is -0.680. The van der Waals surface area contributed by atoms with Crippen molar-refractivity contribution in [2.75, 3.05) is 5.32 Å². The molecule has 0 fully saturated rings. The highest BCUT2D eigenvalue weighted by Gasteiger charge is 2.31. The average molecular weight is 288 g/mol. The van der Waals surface area contributed by atoms with Crippen LogP contribution in [0.15, 0.2) is 27.6 Å². The van der Waals surface area contributed by atoms with Gasteiger partial charge in [-0.15, -0.1) is 11.8 Å². The number of halogens is 1. The van der Waals surface area contributed by atoms with E-state index in [-0.39, 0.29) is 6.04 Å². The molecule has 1 heterocycles. The molecule has 1 aromatic rings. The third-order valence-corrected chi connectivity index (χ3v) is 4.23. The van der Waals surface area contributed by atoms with E-state index in [2.05, 4.69) is 21.2 Å². The van der Waals surface area contributed by atoms with E-state index in [9.17, 15) is 4.79 Å². The number of carboxylic acid groups (broad SMARTS) is 1. The standard InChI is InChI=1S/C10H10BrNO2S/c1-5-9(10(13)14)15-8-4-6(11)2-3-7(8)12-5/h2-5,9,12H,1H3,(H,13,14). The average Bonchev–Trinajstić information content (AvgIpc) is 2.17. The fourth-order valence-corrected chi connectivity index (χ4v) is 3.15. The van der Waals surface area contributed by atoms with Crippen LogP contribution >= 0.6 is 27.7 Å². The molecule has 1 aliphatic heterocycles. The maximum absolute atomic E-state index is 11.0. The van der Waals surface area contributed by atoms with Crippen LogP contribution in [-0.4, -0.2) is 22.4 Å². The molecule has 0 spiro atoms. The summed E-state index contributed by atoms with van der Waals surface area (Å²) in [5, 5.41) is 11.8. The lowest BCUT2D eigenvalue weighted by molar-refractivity contribution is -0.136. The molecule has 0 saturated heterocycles. The highest BCUT2D eigenvalue weighted by Crippen LogP contribution is 2.39. The van der Waals surface area contributed by atoms with Gasteiger partial charge in [0.15, 0.2) is 0 Å². The van der Waals surface area contributed by atoms with Crippen molar-refractivity contribution in [3.8, 4) is 0 Å². The van der Waals surface area contributed by atoms with Gasteiger partial charge < -0.3 is 10.4 Å². The summed E-state index contributed by atoms with van der Waals surface area (Å²) in [6, 6.07) is 5.79. The van der Waals surface area contributed by atoms with Crippen molar-refractivity contribution >= 4 is 39.3 Å². The van der Waals surface area contributed by atoms with E-state index in [0.717, 1.165) is 15.1 Å². The molecule has 0 bridgehead atoms. The third kappa shape index (κ3) is 2.13. The number of benzene rings is 1. The summed E-state index contributed by atoms with van der Waals surface area (Å²) < 4.78 is 0.967. The van der Waals surface area contributed by atoms with Crippen LogP contribution in [0.4, 0.5) is 5.69 Å². The van der Waals surface area contributed by atoms with Gasteiger partial charge >= 0.3 is 5.97 Å². The first-order valence-corrected chi connectivity index (χ1v) is 6.21. The predicted molar refractivity (Wildman–Crippen MR) is 64.5 cm³/mol. The number of hydrogen-bond acceptors (Lipinski definition) is 3. The molecule has 0 amide bonds. The molecule has 0 aromatic heterocycles. The minimum absolute atomic E-state index is 0.0545. The second-order valence-electron chi connectivity index (χ2n) is 3.45. The van der Waals surface area contributed by atoms with Crippen LogP contribution in [-0.2, 0) is 4.79 Å². The van der Waals surface area contributed by atoms with Crippen LogP contribution in [0.5, 0.6) is 0 Å². The molecule has 2 unspecified atom stereocenters. The number of carbonyl (C=O) groups is 1. The second-order valence-corrected chi connectivity index (χ2v) is 5.55. The summed E-state index contributed by atoms with van der Waals surface area (Å²) in [4.78, 5) is 12.0. The van der Waals surface area contributed by atoms with Crippen molar-refractivity contribution in [2.45, 2.75) is 23.1 Å². The molecule has 0 aliphatic carbocycles. The van der Waals surface area contributed by atoms with E-state index in [4.69, 9.17) is 5.11 Å². The zero-order chi connectivity index (χ0) is 11.0. The van der Waals surface area contributed by atoms with E-state index in [1.165, 1.54) is 11.8 Å². The van der Waals surface area contributed by atoms with E-state index in [1.54, 1.807) is 0 Å². The van der Waals surface area contributed by atoms with Gasteiger partial charge in [0.2, 0.25) is 0 Å². The van der Waals surface area contributed by atoms with E-state index >= 15 is 0 Å². The molecule has 1 aliphatic rings. The van der Waals surface area contributed by atoms with Crippen LogP contribution < -0.4 is 5.32 Å². The van der Waals surface area contributed by atoms with E-state index in [1.807, 2.05) is 25.1 Å². The molecule has 2 N–H and O–H groups in total. The Morgan fingerprint density at radius 3 is 3.00 bits per heavy atom. The number of nitrogens with one attached hydrogen (secondary N) is 1. The van der Waals surface area contributed by atoms with Crippen molar-refractivity contribution in [1.82, 2.24) is 0 Å². The SMILES string of the molecule is CC1Nc2ccc(Br)cc2SC1C(=O)O. The van der Waals surface area contributed by atoms with Crippen molar-refractivity contribution in [3.05, 3.63) is 22.7 Å². The molecule has 80 valence electrons. The van der Waals surface area contributed by atoms with Crippen molar-refractivity contribution in [3.63, 3.8) is 0 Å². The zero-order valence-electron chi connectivity index (χ0n) is 8.03. The summed E-state index contributed by atoms with van der Waals surface area (Å²) in [6.45, 7) is 1.89. The van der Waals surface area contributed by atoms with Crippen LogP contribution in [0.3, 0.4) is 0 Å². The summed E-state index contributed by atoms with van der Waals surface area (Å²) in [5.74, 6) is -0.773. The van der Waals surface area contributed by atoms with Crippen LogP contribution in [0.1, 0.15) is 6.92 Å². The molecule has 0 saturated carbocycles. The molecule has 2 atom stereocenters. The number of thioether (sulfide) groups is 1. The number of hydrogen-bond donors (Lipinski definition) is 2. The number of fused-ring (bicyclic) bond motifs is 1. The quantitative estimate of drug-likeness (QED) is 0.834. The minimum Gasteiger partial charge on any atom is -0.480 e. The van der Waals surface area contributed by atoms with E-state index in [0.29, 0.717) is 0 Å². The molecule has 5 heteroatoms. The zero-order valence-corrected chi connectivity index (χ0v) is 10.4. The normalized spacial score (nSPS) is 24.1. The van der Waals surface area contributed by atoms with Gasteiger partial charge in [0, 0.05) is 21.1 Å². The van der Waals surface area contributed by atoms with Gasteiger partial charge in [0.1, 0.15) is 5.25 Å². The monoisotopic (exact) mass is 287 g/mol. The Morgan fingerprint density at radius 2 is 2.33 bits per heavy atom. The highest BCUT2D eigenvalue weighted by molar-refractivity contribution is 9.10. The fraction of sp³-hybridized carbons (Fsp3) is 0.300. The number of rotatable bonds is 1. The smallest absolute Gasteiger partial charge is 0.319 e. The van der Waals surface area contributed by atoms with Crippen molar-refractivity contribution < 1.29 is 9.90 Å². The van der Waals surface area contributed by atoms with Crippen LogP contribution in [0.25, 0.3) is 0 Å². The molecular formula is C10H10BrNO2S. The Kier molecular flexibility index (Phi) is 2.93. The summed E-state index contributed by atoms with van der Waals surface area (Å²) in [7, 11) is 0. The third-order valence-electron chi connectivity index (χ3n) is 2.28. The molecule has 15 heavy (non-hydrogen) atoms. The lowest BCUT2D eigenvalue weighted by Crippen LogP contribution is -2.37. The Balaban J connectivity index is 2.34. The predicted octanol–water partition coefficient (Wildman–Crippen LogP) is 2.81. The van der Waals surface area contributed by atoms with Crippen molar-refractivity contribution in [2.24, 2.45) is 0 Å². The maximum Gasteiger partial charge on any atom is 0.319 e. The molecule has 3 nitrogen and oxygen atoms in total. The second kappa shape index (κ2) is 4.06. The Labute approximate surface area is 100 Å². The number of carboxylic acids is 1. The summed E-state index contributed by atoms with van der Waals surface area (Å²) >= 11 is 4.77. The first kappa shape index (κ1) is 10.8.